The Morgan fingerprint density at radius 1 is 1.02 bits per heavy atom. The van der Waals surface area contributed by atoms with E-state index in [0.717, 1.165) is 37.1 Å². The van der Waals surface area contributed by atoms with Gasteiger partial charge in [0.1, 0.15) is 17.9 Å². The van der Waals surface area contributed by atoms with E-state index in [4.69, 9.17) is 0 Å². The monoisotopic (exact) mass is 622 g/mol. The molecule has 0 bridgehead atoms. The Morgan fingerprint density at radius 2 is 1.73 bits per heavy atom. The van der Waals surface area contributed by atoms with Gasteiger partial charge in [-0.25, -0.2) is 9.48 Å². The summed E-state index contributed by atoms with van der Waals surface area (Å²) in [5.74, 6) is -1.66. The predicted molar refractivity (Wildman–Crippen MR) is 169 cm³/mol. The van der Waals surface area contributed by atoms with Crippen molar-refractivity contribution in [3.8, 4) is 0 Å². The average molecular weight is 623 g/mol. The smallest absolute Gasteiger partial charge is 0.326 e. The number of fused-ring (bicyclic) bond motifs is 1. The fourth-order valence-electron chi connectivity index (χ4n) is 7.15. The molecule has 2 aliphatic rings. The van der Waals surface area contributed by atoms with Crippen LogP contribution in [0.1, 0.15) is 97.9 Å². The summed E-state index contributed by atoms with van der Waals surface area (Å²) in [6, 6.07) is 8.36. The van der Waals surface area contributed by atoms with Crippen molar-refractivity contribution in [2.75, 3.05) is 6.54 Å². The molecule has 11 heteroatoms. The van der Waals surface area contributed by atoms with E-state index in [0.29, 0.717) is 25.8 Å². The highest BCUT2D eigenvalue weighted by atomic mass is 16.4. The van der Waals surface area contributed by atoms with Crippen molar-refractivity contribution in [2.45, 2.75) is 111 Å². The molecule has 2 heterocycles. The van der Waals surface area contributed by atoms with Gasteiger partial charge >= 0.3 is 5.97 Å². The maximum absolute atomic E-state index is 13.7. The highest BCUT2D eigenvalue weighted by molar-refractivity contribution is 5.93. The number of tetrazole rings is 1. The summed E-state index contributed by atoms with van der Waals surface area (Å²) in [6.07, 6.45) is 5.14. The molecule has 1 saturated heterocycles. The Labute approximate surface area is 266 Å². The van der Waals surface area contributed by atoms with Gasteiger partial charge in [0.05, 0.1) is 5.54 Å². The van der Waals surface area contributed by atoms with E-state index in [-0.39, 0.29) is 47.7 Å². The molecule has 4 rings (SSSR count). The molecule has 2 N–H and O–H groups in total. The zero-order valence-corrected chi connectivity index (χ0v) is 27.6. The summed E-state index contributed by atoms with van der Waals surface area (Å²) < 4.78 is 1.84. The molecule has 11 nitrogen and oxygen atoms in total. The highest BCUT2D eigenvalue weighted by Crippen LogP contribution is 2.42. The molecule has 1 aliphatic heterocycles. The molecule has 1 aromatic heterocycles. The Hall–Kier alpha value is -3.63. The first-order chi connectivity index (χ1) is 21.3. The normalized spacial score (nSPS) is 21.2. The summed E-state index contributed by atoms with van der Waals surface area (Å²) in [5, 5.41) is 25.3. The van der Waals surface area contributed by atoms with Gasteiger partial charge in [-0.3, -0.25) is 14.4 Å². The fraction of sp³-hybridized carbons (Fsp3) is 0.676. The van der Waals surface area contributed by atoms with Crippen molar-refractivity contribution in [1.82, 2.24) is 30.4 Å². The summed E-state index contributed by atoms with van der Waals surface area (Å²) in [5.41, 5.74) is 0.670. The number of aryl methyl sites for hydroxylation is 1. The van der Waals surface area contributed by atoms with Gasteiger partial charge in [-0.15, -0.1) is 5.10 Å². The van der Waals surface area contributed by atoms with Crippen molar-refractivity contribution in [1.29, 1.82) is 0 Å². The van der Waals surface area contributed by atoms with Gasteiger partial charge < -0.3 is 15.3 Å². The van der Waals surface area contributed by atoms with E-state index in [1.54, 1.807) is 0 Å². The summed E-state index contributed by atoms with van der Waals surface area (Å²) >= 11 is 0. The van der Waals surface area contributed by atoms with Crippen LogP contribution in [0.25, 0.3) is 0 Å². The van der Waals surface area contributed by atoms with Crippen molar-refractivity contribution < 1.29 is 24.3 Å². The van der Waals surface area contributed by atoms with Crippen LogP contribution >= 0.6 is 0 Å². The number of benzene rings is 1. The van der Waals surface area contributed by atoms with E-state index in [9.17, 15) is 24.3 Å². The van der Waals surface area contributed by atoms with Gasteiger partial charge in [-0.2, -0.15) is 0 Å². The number of carbonyl (C=O) groups excluding carboxylic acids is 3. The third-order valence-electron chi connectivity index (χ3n) is 9.90. The van der Waals surface area contributed by atoms with Crippen LogP contribution in [0.2, 0.25) is 0 Å². The number of carbonyl (C=O) groups is 4. The number of carboxylic acid groups (broad SMARTS) is 1. The maximum Gasteiger partial charge on any atom is 0.326 e. The first kappa shape index (κ1) is 34.2. The van der Waals surface area contributed by atoms with E-state index in [1.807, 2.05) is 50.6 Å². The molecule has 1 aromatic carbocycles. The molecular weight excluding hydrogens is 572 g/mol. The maximum atomic E-state index is 13.7. The second-order valence-electron chi connectivity index (χ2n) is 14.1. The van der Waals surface area contributed by atoms with Gasteiger partial charge in [0.15, 0.2) is 5.82 Å². The fourth-order valence-corrected chi connectivity index (χ4v) is 7.15. The largest absolute Gasteiger partial charge is 0.480 e. The summed E-state index contributed by atoms with van der Waals surface area (Å²) in [7, 11) is 0. The van der Waals surface area contributed by atoms with Crippen LogP contribution < -0.4 is 5.32 Å². The number of carboxylic acids is 1. The molecule has 1 saturated carbocycles. The van der Waals surface area contributed by atoms with Crippen molar-refractivity contribution >= 4 is 23.6 Å². The number of aliphatic carboxylic acids is 1. The van der Waals surface area contributed by atoms with Gasteiger partial charge in [-0.05, 0) is 79.2 Å². The van der Waals surface area contributed by atoms with Crippen LogP contribution in [0.4, 0.5) is 0 Å². The number of hydrogen-bond acceptors (Lipinski definition) is 7. The Kier molecular flexibility index (Phi) is 11.1. The number of amides is 2. The van der Waals surface area contributed by atoms with E-state index >= 15 is 0 Å². The Bertz CT molecular complexity index is 1340. The number of nitrogens with zero attached hydrogens (tertiary/aromatic N) is 5. The van der Waals surface area contributed by atoms with Crippen molar-refractivity contribution in [3.63, 3.8) is 0 Å². The molecule has 1 aliphatic carbocycles. The second-order valence-corrected chi connectivity index (χ2v) is 14.1. The summed E-state index contributed by atoms with van der Waals surface area (Å²) in [6.45, 7) is 12.1. The minimum Gasteiger partial charge on any atom is -0.480 e. The lowest BCUT2D eigenvalue weighted by molar-refractivity contribution is -0.151. The van der Waals surface area contributed by atoms with E-state index in [1.165, 1.54) is 4.90 Å². The van der Waals surface area contributed by atoms with Crippen LogP contribution in [0, 0.1) is 29.6 Å². The molecule has 2 amide bonds. The van der Waals surface area contributed by atoms with Crippen LogP contribution in [0.3, 0.4) is 0 Å². The highest BCUT2D eigenvalue weighted by Gasteiger charge is 2.51. The second kappa shape index (κ2) is 14.6. The Morgan fingerprint density at radius 3 is 2.38 bits per heavy atom. The topological polar surface area (TPSA) is 147 Å². The first-order valence-corrected chi connectivity index (χ1v) is 16.5. The molecule has 2 fully saturated rings. The zero-order valence-electron chi connectivity index (χ0n) is 27.6. The van der Waals surface area contributed by atoms with Crippen LogP contribution in [-0.4, -0.2) is 72.4 Å². The molecule has 45 heavy (non-hydrogen) atoms. The molecular formula is C34H50N6O5. The lowest BCUT2D eigenvalue weighted by Crippen LogP contribution is -2.55. The van der Waals surface area contributed by atoms with E-state index in [2.05, 4.69) is 46.8 Å². The molecule has 246 valence electrons. The van der Waals surface area contributed by atoms with Gasteiger partial charge in [0, 0.05) is 31.7 Å². The number of aromatic nitrogens is 4. The SMILES string of the molecule is CC(C)[C@H](CC(=O)CCCCc1nnnn1C(C)(C)c1ccccc1)C(=O)N[C@H](C(=O)N1C[C@@H]2CCC[C@@H]2C1C(=O)O)C(C)C. The van der Waals surface area contributed by atoms with Gasteiger partial charge in [-0.1, -0.05) is 64.4 Å². The molecule has 0 radical (unpaired) electrons. The standard InChI is InChI=1S/C34H50N6O5/c1-21(2)27(31(42)35-29(22(3)4)32(43)39-20-23-13-12-17-26(23)30(39)33(44)45)19-25(41)16-10-11-18-28-36-37-38-40(28)34(5,6)24-14-8-7-9-15-24/h7-9,14-15,21-23,26-27,29-30H,10-13,16-20H2,1-6H3,(H,35,42)(H,44,45)/t23-,26-,27-,29-,30?/m0/s1. The molecule has 2 aromatic rings. The quantitative estimate of drug-likeness (QED) is 0.280. The van der Waals surface area contributed by atoms with Crippen molar-refractivity contribution in [3.05, 3.63) is 41.7 Å². The first-order valence-electron chi connectivity index (χ1n) is 16.5. The zero-order chi connectivity index (χ0) is 32.9. The number of rotatable bonds is 15. The third-order valence-corrected chi connectivity index (χ3v) is 9.90. The minimum absolute atomic E-state index is 0.00112. The number of unbranched alkanes of at least 4 members (excludes halogenated alkanes) is 1. The lowest BCUT2D eigenvalue weighted by atomic mass is 9.88. The predicted octanol–water partition coefficient (Wildman–Crippen LogP) is 4.25. The van der Waals surface area contributed by atoms with Crippen LogP contribution in [0.5, 0.6) is 0 Å². The van der Waals surface area contributed by atoms with Crippen LogP contribution in [0.15, 0.2) is 30.3 Å². The molecule has 5 atom stereocenters. The number of hydrogen-bond donors (Lipinski definition) is 2. The average Bonchev–Trinajstić information content (AvgIpc) is 3.73. The number of Topliss-reactive ketones (excluding diaryl/α,β-unsaturated/α-hetero) is 1. The Balaban J connectivity index is 1.31. The van der Waals surface area contributed by atoms with Crippen molar-refractivity contribution in [2.24, 2.45) is 29.6 Å². The van der Waals surface area contributed by atoms with E-state index < -0.39 is 29.5 Å². The molecule has 0 spiro atoms. The minimum atomic E-state index is -0.978. The van der Waals surface area contributed by atoms with Gasteiger partial charge in [0.2, 0.25) is 11.8 Å². The number of likely N-dealkylation sites (tertiary alicyclic amines) is 1. The number of ketones is 1. The lowest BCUT2D eigenvalue weighted by Gasteiger charge is -2.32. The van der Waals surface area contributed by atoms with Gasteiger partial charge in [0.25, 0.3) is 0 Å². The third kappa shape index (κ3) is 7.79. The van der Waals surface area contributed by atoms with Crippen LogP contribution in [-0.2, 0) is 31.1 Å². The molecule has 1 unspecified atom stereocenters. The summed E-state index contributed by atoms with van der Waals surface area (Å²) in [4.78, 5) is 53.9. The number of nitrogens with one attached hydrogen (secondary N) is 1.